The third-order valence-corrected chi connectivity index (χ3v) is 7.20. The number of carboxylic acids is 1. The topological polar surface area (TPSA) is 129 Å². The van der Waals surface area contributed by atoms with E-state index >= 15 is 8.78 Å². The largest absolute Gasteiger partial charge is 0.478 e. The fourth-order valence-electron chi connectivity index (χ4n) is 4.61. The highest BCUT2D eigenvalue weighted by atomic mass is 35.5. The Morgan fingerprint density at radius 1 is 1.02 bits per heavy atom. The summed E-state index contributed by atoms with van der Waals surface area (Å²) in [7, 11) is 0. The summed E-state index contributed by atoms with van der Waals surface area (Å²) in [5.41, 5.74) is -4.40. The van der Waals surface area contributed by atoms with E-state index in [9.17, 15) is 24.8 Å². The number of benzene rings is 3. The van der Waals surface area contributed by atoms with E-state index in [-0.39, 0.29) is 31.6 Å². The molecule has 0 radical (unpaired) electrons. The maximum Gasteiger partial charge on any atom is 0.336 e. The molecule has 0 unspecified atom stereocenters. The van der Waals surface area contributed by atoms with Crippen molar-refractivity contribution < 1.29 is 33.0 Å². The minimum atomic E-state index is -2.38. The second-order valence-electron chi connectivity index (χ2n) is 9.48. The number of carboxylic acid groups (broad SMARTS) is 1. The Bertz CT molecular complexity index is 1510. The number of nitrogens with one attached hydrogen (secondary N) is 2. The zero-order valence-electron chi connectivity index (χ0n) is 21.3. The van der Waals surface area contributed by atoms with Crippen LogP contribution >= 0.6 is 11.6 Å². The zero-order chi connectivity index (χ0) is 29.1. The summed E-state index contributed by atoms with van der Waals surface area (Å²) in [5.74, 6) is -5.83. The number of hydrogen-bond donors (Lipinski definition) is 3. The number of aromatic carboxylic acids is 1. The lowest BCUT2D eigenvalue weighted by atomic mass is 9.85. The number of rotatable bonds is 7. The molecule has 1 aliphatic rings. The van der Waals surface area contributed by atoms with Crippen molar-refractivity contribution in [2.75, 3.05) is 13.2 Å². The highest BCUT2D eigenvalue weighted by molar-refractivity contribution is 6.33. The smallest absolute Gasteiger partial charge is 0.336 e. The van der Waals surface area contributed by atoms with E-state index in [2.05, 4.69) is 10.6 Å². The highest BCUT2D eigenvalue weighted by Crippen LogP contribution is 2.32. The quantitative estimate of drug-likeness (QED) is 0.375. The van der Waals surface area contributed by atoms with E-state index in [0.717, 1.165) is 25.1 Å². The molecule has 1 fully saturated rings. The van der Waals surface area contributed by atoms with E-state index in [1.54, 1.807) is 24.3 Å². The second kappa shape index (κ2) is 11.4. The van der Waals surface area contributed by atoms with Gasteiger partial charge in [0.15, 0.2) is 0 Å². The highest BCUT2D eigenvalue weighted by Gasteiger charge is 2.46. The molecule has 3 aromatic rings. The minimum Gasteiger partial charge on any atom is -0.478 e. The molecule has 1 atom stereocenters. The van der Waals surface area contributed by atoms with Crippen molar-refractivity contribution in [2.24, 2.45) is 0 Å². The van der Waals surface area contributed by atoms with Crippen molar-refractivity contribution in [3.05, 3.63) is 94.0 Å². The van der Waals surface area contributed by atoms with Gasteiger partial charge in [0.2, 0.25) is 0 Å². The summed E-state index contributed by atoms with van der Waals surface area (Å²) in [6.07, 6.45) is 0.234. The summed E-state index contributed by atoms with van der Waals surface area (Å²) in [5, 5.41) is 24.9. The molecule has 1 saturated heterocycles. The number of carbonyl (C=O) groups excluding carboxylic acids is 2. The van der Waals surface area contributed by atoms with Crippen molar-refractivity contribution in [3.63, 3.8) is 0 Å². The van der Waals surface area contributed by atoms with Crippen LogP contribution in [0.1, 0.15) is 46.0 Å². The van der Waals surface area contributed by atoms with Crippen molar-refractivity contribution in [3.8, 4) is 17.2 Å². The lowest BCUT2D eigenvalue weighted by Gasteiger charge is -2.37. The van der Waals surface area contributed by atoms with Gasteiger partial charge in [-0.1, -0.05) is 41.9 Å². The number of ether oxygens (including phenoxy) is 1. The Hall–Kier alpha value is -4.33. The van der Waals surface area contributed by atoms with E-state index in [1.165, 1.54) is 18.2 Å². The molecule has 0 bridgehead atoms. The van der Waals surface area contributed by atoms with Gasteiger partial charge >= 0.3 is 5.97 Å². The van der Waals surface area contributed by atoms with Crippen LogP contribution in [0.2, 0.25) is 5.02 Å². The van der Waals surface area contributed by atoms with Crippen molar-refractivity contribution in [1.82, 2.24) is 10.6 Å². The number of carbonyl (C=O) groups is 3. The molecule has 0 aliphatic carbocycles. The number of halogens is 3. The standard InChI is InChI=1S/C29H24ClF2N3O5/c1-28(24-22(31)7-4-8-23(24)32,27(39)35-29(16-33)11-13-40-14-12-29)34-25(36)19-10-9-17(15-20(19)26(37)38)18-5-2-3-6-21(18)30/h2-10,15H,11-14H2,1H3,(H,34,36)(H,35,39)(H,37,38)/t28-/m0/s1. The lowest BCUT2D eigenvalue weighted by Crippen LogP contribution is -2.61. The number of hydrogen-bond acceptors (Lipinski definition) is 5. The predicted molar refractivity (Wildman–Crippen MR) is 142 cm³/mol. The number of amides is 2. The van der Waals surface area contributed by atoms with Crippen LogP contribution in [0.3, 0.4) is 0 Å². The van der Waals surface area contributed by atoms with Crippen LogP contribution in [0.5, 0.6) is 0 Å². The van der Waals surface area contributed by atoms with Crippen LogP contribution in [0.15, 0.2) is 60.7 Å². The van der Waals surface area contributed by atoms with Gasteiger partial charge in [-0.15, -0.1) is 0 Å². The Kier molecular flexibility index (Phi) is 8.18. The van der Waals surface area contributed by atoms with Crippen LogP contribution < -0.4 is 10.6 Å². The Morgan fingerprint density at radius 2 is 1.68 bits per heavy atom. The molecule has 3 N–H and O–H groups in total. The van der Waals surface area contributed by atoms with Crippen LogP contribution in [0.4, 0.5) is 8.78 Å². The average Bonchev–Trinajstić information content (AvgIpc) is 2.93. The Balaban J connectivity index is 1.77. The maximum absolute atomic E-state index is 15.0. The predicted octanol–water partition coefficient (Wildman–Crippen LogP) is 4.82. The van der Waals surface area contributed by atoms with Crippen LogP contribution in [0.25, 0.3) is 11.1 Å². The van der Waals surface area contributed by atoms with Gasteiger partial charge < -0.3 is 20.5 Å². The third kappa shape index (κ3) is 5.52. The number of nitrogens with zero attached hydrogens (tertiary/aromatic N) is 1. The molecule has 40 heavy (non-hydrogen) atoms. The molecule has 4 rings (SSSR count). The summed E-state index contributed by atoms with van der Waals surface area (Å²) in [6.45, 7) is 1.43. The number of nitriles is 1. The van der Waals surface area contributed by atoms with Gasteiger partial charge in [0.05, 0.1) is 22.8 Å². The van der Waals surface area contributed by atoms with Gasteiger partial charge in [0.1, 0.15) is 22.7 Å². The van der Waals surface area contributed by atoms with Crippen molar-refractivity contribution in [2.45, 2.75) is 30.8 Å². The molecule has 2 amide bonds. The first-order valence-corrected chi connectivity index (χ1v) is 12.6. The normalized spacial score (nSPS) is 15.8. The summed E-state index contributed by atoms with van der Waals surface area (Å²) < 4.78 is 35.3. The molecule has 0 spiro atoms. The van der Waals surface area contributed by atoms with Gasteiger partial charge in [0.25, 0.3) is 11.8 Å². The summed E-state index contributed by atoms with van der Waals surface area (Å²) >= 11 is 6.24. The SMILES string of the molecule is C[C@@](NC(=O)c1ccc(-c2ccccc2Cl)cc1C(=O)O)(C(=O)NC1(C#N)CCOCC1)c1c(F)cccc1F. The molecule has 1 heterocycles. The molecular weight excluding hydrogens is 544 g/mol. The zero-order valence-corrected chi connectivity index (χ0v) is 22.0. The van der Waals surface area contributed by atoms with E-state index < -0.39 is 51.6 Å². The van der Waals surface area contributed by atoms with Crippen LogP contribution in [0, 0.1) is 23.0 Å². The molecular formula is C29H24ClF2N3O5. The molecule has 0 saturated carbocycles. The lowest BCUT2D eigenvalue weighted by molar-refractivity contribution is -0.129. The average molecular weight is 568 g/mol. The molecule has 0 aromatic heterocycles. The van der Waals surface area contributed by atoms with Gasteiger partial charge in [-0.3, -0.25) is 9.59 Å². The fourth-order valence-corrected chi connectivity index (χ4v) is 4.86. The molecule has 8 nitrogen and oxygen atoms in total. The first kappa shape index (κ1) is 28.7. The first-order chi connectivity index (χ1) is 19.0. The van der Waals surface area contributed by atoms with Crippen LogP contribution in [-0.2, 0) is 15.1 Å². The molecule has 11 heteroatoms. The maximum atomic E-state index is 15.0. The third-order valence-electron chi connectivity index (χ3n) is 6.87. The van der Waals surface area contributed by atoms with Gasteiger partial charge in [-0.2, -0.15) is 5.26 Å². The first-order valence-electron chi connectivity index (χ1n) is 12.2. The van der Waals surface area contributed by atoms with E-state index in [1.807, 2.05) is 6.07 Å². The Morgan fingerprint density at radius 3 is 2.27 bits per heavy atom. The summed E-state index contributed by atoms with van der Waals surface area (Å²) in [6, 6.07) is 15.6. The van der Waals surface area contributed by atoms with E-state index in [4.69, 9.17) is 16.3 Å². The second-order valence-corrected chi connectivity index (χ2v) is 9.89. The van der Waals surface area contributed by atoms with Crippen molar-refractivity contribution in [1.29, 1.82) is 5.26 Å². The Labute approximate surface area is 233 Å². The fraction of sp³-hybridized carbons (Fsp3) is 0.241. The van der Waals surface area contributed by atoms with Gasteiger partial charge in [-0.25, -0.2) is 13.6 Å². The molecule has 1 aliphatic heterocycles. The minimum absolute atomic E-state index is 0.117. The van der Waals surface area contributed by atoms with E-state index in [0.29, 0.717) is 16.1 Å². The summed E-state index contributed by atoms with van der Waals surface area (Å²) in [4.78, 5) is 39.4. The van der Waals surface area contributed by atoms with Crippen molar-refractivity contribution >= 4 is 29.4 Å². The molecule has 206 valence electrons. The molecule has 3 aromatic carbocycles. The monoisotopic (exact) mass is 567 g/mol. The van der Waals surface area contributed by atoms with Gasteiger partial charge in [0, 0.05) is 36.6 Å². The van der Waals surface area contributed by atoms with Gasteiger partial charge in [-0.05, 0) is 42.8 Å². The van der Waals surface area contributed by atoms with Crippen LogP contribution in [-0.4, -0.2) is 41.6 Å².